The molecule has 0 aromatic carbocycles. The minimum Gasteiger partial charge on any atom is -0.271 e. The smallest absolute Gasteiger partial charge is 0.147 e. The summed E-state index contributed by atoms with van der Waals surface area (Å²) in [7, 11) is -2.91. The van der Waals surface area contributed by atoms with Gasteiger partial charge in [-0.15, -0.1) is 0 Å². The second-order valence-electron chi connectivity index (χ2n) is 3.19. The summed E-state index contributed by atoms with van der Waals surface area (Å²) in [6, 6.07) is 1.87. The van der Waals surface area contributed by atoms with Crippen LogP contribution in [-0.4, -0.2) is 20.4 Å². The Kier molecular flexibility index (Phi) is 4.06. The lowest BCUT2D eigenvalue weighted by atomic mass is 10.1. The molecule has 14 heavy (non-hydrogen) atoms. The predicted octanol–water partition coefficient (Wildman–Crippen LogP) is 0.687. The lowest BCUT2D eigenvalue weighted by molar-refractivity contribution is 0.532. The summed E-state index contributed by atoms with van der Waals surface area (Å²) in [5.74, 6) is 5.50. The molecular formula is C8H14N2O2S2. The fraction of sp³-hybridized carbons (Fsp3) is 0.500. The highest BCUT2D eigenvalue weighted by Gasteiger charge is 2.12. The van der Waals surface area contributed by atoms with Crippen molar-refractivity contribution >= 4 is 21.2 Å². The molecule has 1 unspecified atom stereocenters. The molecule has 1 aromatic heterocycles. The topological polar surface area (TPSA) is 72.2 Å². The zero-order valence-electron chi connectivity index (χ0n) is 7.93. The van der Waals surface area contributed by atoms with Gasteiger partial charge < -0.3 is 0 Å². The number of hydrogen-bond donors (Lipinski definition) is 2. The fourth-order valence-corrected chi connectivity index (χ4v) is 2.53. The lowest BCUT2D eigenvalue weighted by Crippen LogP contribution is -2.29. The van der Waals surface area contributed by atoms with E-state index in [4.69, 9.17) is 5.84 Å². The highest BCUT2D eigenvalue weighted by Crippen LogP contribution is 2.19. The number of hydrazine groups is 1. The van der Waals surface area contributed by atoms with Gasteiger partial charge in [0, 0.05) is 12.3 Å². The molecule has 0 amide bonds. The Labute approximate surface area is 88.0 Å². The van der Waals surface area contributed by atoms with Crippen molar-refractivity contribution in [1.29, 1.82) is 0 Å². The Morgan fingerprint density at radius 2 is 2.36 bits per heavy atom. The largest absolute Gasteiger partial charge is 0.271 e. The Balaban J connectivity index is 2.57. The first-order chi connectivity index (χ1) is 6.53. The zero-order chi connectivity index (χ0) is 10.6. The van der Waals surface area contributed by atoms with Gasteiger partial charge in [0.1, 0.15) is 9.84 Å². The van der Waals surface area contributed by atoms with Gasteiger partial charge in [-0.25, -0.2) is 8.42 Å². The van der Waals surface area contributed by atoms with Gasteiger partial charge in [0.25, 0.3) is 0 Å². The number of sulfone groups is 1. The number of hydrogen-bond acceptors (Lipinski definition) is 5. The molecule has 6 heteroatoms. The second-order valence-corrected chi connectivity index (χ2v) is 6.23. The quantitative estimate of drug-likeness (QED) is 0.581. The van der Waals surface area contributed by atoms with Crippen LogP contribution in [0.3, 0.4) is 0 Å². The van der Waals surface area contributed by atoms with Crippen molar-refractivity contribution in [2.75, 3.05) is 12.0 Å². The maximum atomic E-state index is 11.0. The van der Waals surface area contributed by atoms with Gasteiger partial charge in [-0.3, -0.25) is 11.3 Å². The van der Waals surface area contributed by atoms with Crippen LogP contribution in [-0.2, 0) is 9.84 Å². The molecule has 0 aliphatic carbocycles. The highest BCUT2D eigenvalue weighted by atomic mass is 32.2. The summed E-state index contributed by atoms with van der Waals surface area (Å²) in [5.41, 5.74) is 3.66. The molecule has 1 heterocycles. The fourth-order valence-electron chi connectivity index (χ4n) is 1.15. The summed E-state index contributed by atoms with van der Waals surface area (Å²) >= 11 is 1.57. The van der Waals surface area contributed by atoms with Crippen molar-refractivity contribution in [1.82, 2.24) is 5.43 Å². The van der Waals surface area contributed by atoms with Crippen LogP contribution in [0.15, 0.2) is 16.8 Å². The molecule has 0 saturated heterocycles. The molecule has 80 valence electrons. The van der Waals surface area contributed by atoms with E-state index in [1.165, 1.54) is 6.26 Å². The minimum atomic E-state index is -2.91. The van der Waals surface area contributed by atoms with Crippen LogP contribution in [0.25, 0.3) is 0 Å². The Morgan fingerprint density at radius 1 is 1.64 bits per heavy atom. The highest BCUT2D eigenvalue weighted by molar-refractivity contribution is 7.90. The molecule has 4 nitrogen and oxygen atoms in total. The third-order valence-corrected chi connectivity index (χ3v) is 3.60. The van der Waals surface area contributed by atoms with Crippen molar-refractivity contribution in [3.63, 3.8) is 0 Å². The average molecular weight is 234 g/mol. The van der Waals surface area contributed by atoms with E-state index in [0.29, 0.717) is 6.42 Å². The Bertz CT molecular complexity index is 359. The standard InChI is InChI=1S/C8H14N2O2S2/c1-14(11,12)5-3-8(10-9)7-2-4-13-6-7/h2,4,6,8,10H,3,5,9H2,1H3. The third kappa shape index (κ3) is 3.75. The van der Waals surface area contributed by atoms with Crippen molar-refractivity contribution < 1.29 is 8.42 Å². The first kappa shape index (κ1) is 11.6. The lowest BCUT2D eigenvalue weighted by Gasteiger charge is -2.13. The molecule has 0 bridgehead atoms. The first-order valence-electron chi connectivity index (χ1n) is 4.19. The van der Waals surface area contributed by atoms with E-state index >= 15 is 0 Å². The monoisotopic (exact) mass is 234 g/mol. The van der Waals surface area contributed by atoms with Crippen LogP contribution in [0.2, 0.25) is 0 Å². The van der Waals surface area contributed by atoms with Gasteiger partial charge in [0.05, 0.1) is 5.75 Å². The molecule has 0 saturated carbocycles. The molecule has 0 radical (unpaired) electrons. The van der Waals surface area contributed by atoms with Crippen molar-refractivity contribution in [2.45, 2.75) is 12.5 Å². The van der Waals surface area contributed by atoms with E-state index in [1.54, 1.807) is 11.3 Å². The summed E-state index contributed by atoms with van der Waals surface area (Å²) in [6.45, 7) is 0. The molecular weight excluding hydrogens is 220 g/mol. The van der Waals surface area contributed by atoms with Crippen LogP contribution in [0.5, 0.6) is 0 Å². The van der Waals surface area contributed by atoms with E-state index in [1.807, 2.05) is 16.8 Å². The molecule has 1 aromatic rings. The van der Waals surface area contributed by atoms with Gasteiger partial charge in [-0.2, -0.15) is 11.3 Å². The molecule has 1 atom stereocenters. The van der Waals surface area contributed by atoms with Crippen LogP contribution >= 0.6 is 11.3 Å². The summed E-state index contributed by atoms with van der Waals surface area (Å²) in [6.07, 6.45) is 1.74. The van der Waals surface area contributed by atoms with E-state index in [0.717, 1.165) is 5.56 Å². The van der Waals surface area contributed by atoms with E-state index in [-0.39, 0.29) is 11.8 Å². The molecule has 0 aliphatic heterocycles. The maximum absolute atomic E-state index is 11.0. The SMILES string of the molecule is CS(=O)(=O)CCC(NN)c1ccsc1. The first-order valence-corrected chi connectivity index (χ1v) is 7.19. The summed E-state index contributed by atoms with van der Waals surface area (Å²) in [4.78, 5) is 0. The number of rotatable bonds is 5. The van der Waals surface area contributed by atoms with Crippen LogP contribution in [0, 0.1) is 0 Å². The molecule has 0 aliphatic rings. The minimum absolute atomic E-state index is 0.0732. The third-order valence-electron chi connectivity index (χ3n) is 1.92. The van der Waals surface area contributed by atoms with Gasteiger partial charge in [-0.1, -0.05) is 0 Å². The molecule has 0 fully saturated rings. The van der Waals surface area contributed by atoms with E-state index < -0.39 is 9.84 Å². The Hall–Kier alpha value is -0.430. The Morgan fingerprint density at radius 3 is 2.79 bits per heavy atom. The van der Waals surface area contributed by atoms with Gasteiger partial charge in [0.15, 0.2) is 0 Å². The number of nitrogens with one attached hydrogen (secondary N) is 1. The van der Waals surface area contributed by atoms with Crippen molar-refractivity contribution in [3.05, 3.63) is 22.4 Å². The van der Waals surface area contributed by atoms with Gasteiger partial charge in [0.2, 0.25) is 0 Å². The second kappa shape index (κ2) is 4.88. The molecule has 0 spiro atoms. The maximum Gasteiger partial charge on any atom is 0.147 e. The van der Waals surface area contributed by atoms with Crippen LogP contribution in [0.4, 0.5) is 0 Å². The van der Waals surface area contributed by atoms with Crippen molar-refractivity contribution in [3.8, 4) is 0 Å². The van der Waals surface area contributed by atoms with Gasteiger partial charge in [-0.05, 0) is 28.8 Å². The normalized spacial score (nSPS) is 14.1. The predicted molar refractivity (Wildman–Crippen MR) is 58.7 cm³/mol. The summed E-state index contributed by atoms with van der Waals surface area (Å²) in [5, 5.41) is 3.91. The average Bonchev–Trinajstić information content (AvgIpc) is 2.56. The molecule has 3 N–H and O–H groups in total. The van der Waals surface area contributed by atoms with E-state index in [2.05, 4.69) is 5.43 Å². The van der Waals surface area contributed by atoms with Crippen molar-refractivity contribution in [2.24, 2.45) is 5.84 Å². The number of nitrogens with two attached hydrogens (primary N) is 1. The van der Waals surface area contributed by atoms with E-state index in [9.17, 15) is 8.42 Å². The van der Waals surface area contributed by atoms with Gasteiger partial charge >= 0.3 is 0 Å². The molecule has 1 rings (SSSR count). The summed E-state index contributed by atoms with van der Waals surface area (Å²) < 4.78 is 21.9. The van der Waals surface area contributed by atoms with Crippen LogP contribution < -0.4 is 11.3 Å². The number of thiophene rings is 1. The zero-order valence-corrected chi connectivity index (χ0v) is 9.57. The van der Waals surface area contributed by atoms with Crippen LogP contribution in [0.1, 0.15) is 18.0 Å².